The van der Waals surface area contributed by atoms with E-state index in [2.05, 4.69) is 43.5 Å². The smallest absolute Gasteiger partial charge is 0.220 e. The normalized spacial score (nSPS) is 18.3. The molecular weight excluding hydrogens is 1040 g/mol. The van der Waals surface area contributed by atoms with Crippen LogP contribution < -0.4 is 5.32 Å². The van der Waals surface area contributed by atoms with Crippen LogP contribution in [0.3, 0.4) is 0 Å². The molecule has 0 saturated carbocycles. The van der Waals surface area contributed by atoms with Gasteiger partial charge < -0.3 is 40.3 Å². The predicted octanol–water partition coefficient (Wildman–Crippen LogP) is 20.6. The summed E-state index contributed by atoms with van der Waals surface area (Å²) in [5, 5.41) is 54.8. The molecule has 1 amide bonds. The number of nitrogens with one attached hydrogen (secondary N) is 1. The van der Waals surface area contributed by atoms with Crippen LogP contribution in [0.25, 0.3) is 0 Å². The van der Waals surface area contributed by atoms with Crippen LogP contribution in [0.2, 0.25) is 0 Å². The Hall–Kier alpha value is -1.59. The first-order chi connectivity index (χ1) is 41.3. The number of carbonyl (C=O) groups is 1. The fourth-order valence-corrected chi connectivity index (χ4v) is 12.1. The number of allylic oxidation sites excluding steroid dienone is 5. The molecule has 0 bridgehead atoms. The molecular formula is C75H143NO8. The lowest BCUT2D eigenvalue weighted by Crippen LogP contribution is -2.60. The van der Waals surface area contributed by atoms with Gasteiger partial charge in [-0.1, -0.05) is 352 Å². The molecule has 496 valence electrons. The standard InChI is InChI=1S/C75H143NO8/c1-3-5-7-9-11-13-15-17-19-21-23-25-27-29-31-33-34-35-36-37-39-41-43-45-47-49-51-53-55-57-59-61-63-65-71(79)76-68(67-83-75-74(82)73(81)72(80)70(66-77)84-75)69(78)64-62-60-58-56-54-52-50-48-46-44-42-40-38-32-30-28-26-24-22-20-18-16-14-12-10-8-6-4-2/h21,23,54,56,62,64,68-70,72-75,77-78,80-82H,3-20,22,24-53,55,57-61,63,65-67H2,1-2H3,(H,76,79)/b23-21-,56-54+,64-62+. The largest absolute Gasteiger partial charge is 0.394 e. The summed E-state index contributed by atoms with van der Waals surface area (Å²) in [6, 6.07) is -0.822. The van der Waals surface area contributed by atoms with Gasteiger partial charge in [0.05, 0.1) is 25.4 Å². The molecule has 0 aliphatic carbocycles. The number of aliphatic hydroxyl groups excluding tert-OH is 5. The van der Waals surface area contributed by atoms with Crippen molar-refractivity contribution in [3.05, 3.63) is 36.5 Å². The minimum atomic E-state index is -1.57. The van der Waals surface area contributed by atoms with Crippen molar-refractivity contribution in [2.24, 2.45) is 0 Å². The number of unbranched alkanes of at least 4 members (excludes halogenated alkanes) is 52. The van der Waals surface area contributed by atoms with Crippen molar-refractivity contribution >= 4 is 5.91 Å². The fourth-order valence-electron chi connectivity index (χ4n) is 12.1. The highest BCUT2D eigenvalue weighted by Crippen LogP contribution is 2.24. The molecule has 1 fully saturated rings. The van der Waals surface area contributed by atoms with Crippen LogP contribution in [0.1, 0.15) is 380 Å². The van der Waals surface area contributed by atoms with Gasteiger partial charge in [-0.25, -0.2) is 0 Å². The van der Waals surface area contributed by atoms with E-state index in [9.17, 15) is 30.3 Å². The van der Waals surface area contributed by atoms with Gasteiger partial charge in [0.2, 0.25) is 5.91 Å². The third-order valence-corrected chi connectivity index (χ3v) is 17.9. The van der Waals surface area contributed by atoms with Crippen molar-refractivity contribution in [1.82, 2.24) is 5.32 Å². The molecule has 9 heteroatoms. The molecule has 6 N–H and O–H groups in total. The maximum absolute atomic E-state index is 13.1. The van der Waals surface area contributed by atoms with Gasteiger partial charge in [-0.05, 0) is 57.8 Å². The van der Waals surface area contributed by atoms with E-state index in [0.717, 1.165) is 38.5 Å². The van der Waals surface area contributed by atoms with E-state index in [1.54, 1.807) is 6.08 Å². The SMILES string of the molecule is CCCCCCCCCC/C=C\CCCCCCCCCCCCCCCCCCCCCCCC(=O)NC(COC1OC(CO)C(O)C(O)C1O)C(O)/C=C/CC/C=C/CCCCCCCCCCCCCCCCCCCCCCCC. The van der Waals surface area contributed by atoms with E-state index in [1.165, 1.54) is 321 Å². The molecule has 1 saturated heterocycles. The van der Waals surface area contributed by atoms with Crippen molar-refractivity contribution in [3.8, 4) is 0 Å². The van der Waals surface area contributed by atoms with Gasteiger partial charge in [-0.3, -0.25) is 4.79 Å². The molecule has 84 heavy (non-hydrogen) atoms. The number of ether oxygens (including phenoxy) is 2. The van der Waals surface area contributed by atoms with Crippen molar-refractivity contribution in [3.63, 3.8) is 0 Å². The Morgan fingerprint density at radius 3 is 1.00 bits per heavy atom. The van der Waals surface area contributed by atoms with Gasteiger partial charge in [-0.15, -0.1) is 0 Å². The Balaban J connectivity index is 2.11. The number of hydrogen-bond donors (Lipinski definition) is 6. The third kappa shape index (κ3) is 52.4. The molecule has 0 aromatic rings. The summed E-state index contributed by atoms with van der Waals surface area (Å²) in [5.74, 6) is -0.178. The summed E-state index contributed by atoms with van der Waals surface area (Å²) < 4.78 is 11.3. The summed E-state index contributed by atoms with van der Waals surface area (Å²) in [6.45, 7) is 3.82. The van der Waals surface area contributed by atoms with Crippen LogP contribution in [0.5, 0.6) is 0 Å². The van der Waals surface area contributed by atoms with E-state index in [4.69, 9.17) is 9.47 Å². The molecule has 7 unspecified atom stereocenters. The van der Waals surface area contributed by atoms with Crippen LogP contribution in [-0.4, -0.2) is 87.5 Å². The first kappa shape index (κ1) is 80.4. The third-order valence-electron chi connectivity index (χ3n) is 17.9. The van der Waals surface area contributed by atoms with Crippen LogP contribution in [0.4, 0.5) is 0 Å². The first-order valence-corrected chi connectivity index (χ1v) is 37.2. The van der Waals surface area contributed by atoms with Crippen molar-refractivity contribution in [2.75, 3.05) is 13.2 Å². The zero-order valence-electron chi connectivity index (χ0n) is 55.7. The topological polar surface area (TPSA) is 149 Å². The minimum Gasteiger partial charge on any atom is -0.394 e. The number of amides is 1. The lowest BCUT2D eigenvalue weighted by molar-refractivity contribution is -0.302. The fraction of sp³-hybridized carbons (Fsp3) is 0.907. The number of hydrogen-bond acceptors (Lipinski definition) is 8. The van der Waals surface area contributed by atoms with E-state index in [1.807, 2.05) is 6.08 Å². The molecule has 0 aromatic carbocycles. The summed E-state index contributed by atoms with van der Waals surface area (Å²) in [5.41, 5.74) is 0. The Bertz CT molecular complexity index is 1420. The Morgan fingerprint density at radius 1 is 0.393 bits per heavy atom. The molecule has 9 nitrogen and oxygen atoms in total. The summed E-state index contributed by atoms with van der Waals surface area (Å²) >= 11 is 0. The second kappa shape index (κ2) is 64.4. The molecule has 1 heterocycles. The van der Waals surface area contributed by atoms with E-state index >= 15 is 0 Å². The maximum Gasteiger partial charge on any atom is 0.220 e. The van der Waals surface area contributed by atoms with Crippen molar-refractivity contribution < 1.29 is 39.8 Å². The second-order valence-corrected chi connectivity index (χ2v) is 26.1. The molecule has 1 rings (SSSR count). The minimum absolute atomic E-state index is 0.178. The van der Waals surface area contributed by atoms with Gasteiger partial charge in [-0.2, -0.15) is 0 Å². The molecule has 7 atom stereocenters. The van der Waals surface area contributed by atoms with E-state index < -0.39 is 49.5 Å². The highest BCUT2D eigenvalue weighted by Gasteiger charge is 2.44. The number of aliphatic hydroxyl groups is 5. The van der Waals surface area contributed by atoms with Crippen LogP contribution in [0.15, 0.2) is 36.5 Å². The first-order valence-electron chi connectivity index (χ1n) is 37.2. The van der Waals surface area contributed by atoms with E-state index in [0.29, 0.717) is 6.42 Å². The van der Waals surface area contributed by atoms with Gasteiger partial charge in [0.25, 0.3) is 0 Å². The molecule has 1 aliphatic rings. The van der Waals surface area contributed by atoms with Crippen LogP contribution in [-0.2, 0) is 14.3 Å². The lowest BCUT2D eigenvalue weighted by Gasteiger charge is -2.40. The maximum atomic E-state index is 13.1. The molecule has 0 aromatic heterocycles. The van der Waals surface area contributed by atoms with E-state index in [-0.39, 0.29) is 12.5 Å². The Labute approximate surface area is 521 Å². The zero-order chi connectivity index (χ0) is 60.7. The van der Waals surface area contributed by atoms with Crippen molar-refractivity contribution in [1.29, 1.82) is 0 Å². The summed E-state index contributed by atoms with van der Waals surface area (Å²) in [7, 11) is 0. The van der Waals surface area contributed by atoms with Crippen molar-refractivity contribution in [2.45, 2.75) is 423 Å². The molecule has 1 aliphatic heterocycles. The lowest BCUT2D eigenvalue weighted by atomic mass is 9.99. The monoisotopic (exact) mass is 1190 g/mol. The van der Waals surface area contributed by atoms with Gasteiger partial charge in [0, 0.05) is 6.42 Å². The van der Waals surface area contributed by atoms with Gasteiger partial charge in [0.15, 0.2) is 6.29 Å². The van der Waals surface area contributed by atoms with Gasteiger partial charge in [0.1, 0.15) is 24.4 Å². The summed E-state index contributed by atoms with van der Waals surface area (Å²) in [4.78, 5) is 13.1. The number of rotatable bonds is 66. The average Bonchev–Trinajstić information content (AvgIpc) is 3.70. The molecule has 0 spiro atoms. The highest BCUT2D eigenvalue weighted by atomic mass is 16.7. The number of carbonyl (C=O) groups excluding carboxylic acids is 1. The Kier molecular flexibility index (Phi) is 61.7. The highest BCUT2D eigenvalue weighted by molar-refractivity contribution is 5.76. The Morgan fingerprint density at radius 2 is 0.679 bits per heavy atom. The zero-order valence-corrected chi connectivity index (χ0v) is 55.7. The quantitative estimate of drug-likeness (QED) is 0.0261. The summed E-state index contributed by atoms with van der Waals surface area (Å²) in [6.07, 6.45) is 79.9. The van der Waals surface area contributed by atoms with Crippen LogP contribution >= 0.6 is 0 Å². The van der Waals surface area contributed by atoms with Gasteiger partial charge >= 0.3 is 0 Å². The predicted molar refractivity (Wildman–Crippen MR) is 360 cm³/mol. The van der Waals surface area contributed by atoms with Crippen LogP contribution in [0, 0.1) is 0 Å². The average molecular weight is 1190 g/mol. The molecule has 0 radical (unpaired) electrons. The second-order valence-electron chi connectivity index (χ2n) is 26.1.